The number of nitrogens with zero attached hydrogens (tertiary/aromatic N) is 2. The predicted octanol–water partition coefficient (Wildman–Crippen LogP) is 1.55. The summed E-state index contributed by atoms with van der Waals surface area (Å²) in [5, 5.41) is 10.8. The molecule has 0 radical (unpaired) electrons. The highest BCUT2D eigenvalue weighted by Crippen LogP contribution is 2.12. The maximum absolute atomic E-state index is 5.57. The lowest BCUT2D eigenvalue weighted by molar-refractivity contribution is 0.333. The molecule has 1 aromatic heterocycles. The van der Waals surface area contributed by atoms with Crippen LogP contribution in [0.1, 0.15) is 0 Å². The molecule has 0 bridgehead atoms. The Morgan fingerprint density at radius 3 is 2.71 bits per heavy atom. The molecule has 0 spiro atoms. The van der Waals surface area contributed by atoms with Crippen molar-refractivity contribution in [3.8, 4) is 5.75 Å². The van der Waals surface area contributed by atoms with Gasteiger partial charge in [-0.2, -0.15) is 5.10 Å². The molecule has 1 heterocycles. The highest BCUT2D eigenvalue weighted by atomic mass is 16.5. The van der Waals surface area contributed by atoms with Gasteiger partial charge in [0.25, 0.3) is 0 Å². The third-order valence-corrected chi connectivity index (χ3v) is 2.13. The van der Waals surface area contributed by atoms with Gasteiger partial charge in [0, 0.05) is 11.9 Å². The van der Waals surface area contributed by atoms with Crippen molar-refractivity contribution in [2.75, 3.05) is 24.2 Å². The van der Waals surface area contributed by atoms with Crippen molar-refractivity contribution >= 4 is 11.5 Å². The zero-order chi connectivity index (χ0) is 11.9. The number of hydrogen-bond acceptors (Lipinski definition) is 5. The first-order valence-electron chi connectivity index (χ1n) is 5.34. The maximum Gasteiger partial charge on any atom is 0.148 e. The Labute approximate surface area is 99.6 Å². The fourth-order valence-electron chi connectivity index (χ4n) is 1.31. The Kier molecular flexibility index (Phi) is 3.75. The molecule has 0 amide bonds. The smallest absolute Gasteiger partial charge is 0.148 e. The van der Waals surface area contributed by atoms with Crippen LogP contribution in [-0.4, -0.2) is 23.3 Å². The molecule has 0 saturated heterocycles. The third kappa shape index (κ3) is 3.64. The Morgan fingerprint density at radius 2 is 2.00 bits per heavy atom. The van der Waals surface area contributed by atoms with E-state index < -0.39 is 0 Å². The van der Waals surface area contributed by atoms with Gasteiger partial charge in [-0.25, -0.2) is 0 Å². The summed E-state index contributed by atoms with van der Waals surface area (Å²) in [6.07, 6.45) is 1.63. The Hall–Kier alpha value is -2.30. The van der Waals surface area contributed by atoms with Crippen LogP contribution in [-0.2, 0) is 0 Å². The van der Waals surface area contributed by atoms with Crippen LogP contribution in [0.25, 0.3) is 0 Å². The number of nitrogens with two attached hydrogens (primary N) is 1. The molecule has 0 fully saturated rings. The minimum Gasteiger partial charge on any atom is -0.492 e. The van der Waals surface area contributed by atoms with E-state index in [1.54, 1.807) is 6.20 Å². The molecule has 2 aromatic rings. The van der Waals surface area contributed by atoms with E-state index in [9.17, 15) is 0 Å². The first-order chi connectivity index (χ1) is 8.34. The monoisotopic (exact) mass is 230 g/mol. The van der Waals surface area contributed by atoms with Crippen LogP contribution in [0.2, 0.25) is 0 Å². The van der Waals surface area contributed by atoms with Gasteiger partial charge in [0.05, 0.1) is 6.54 Å². The minimum absolute atomic E-state index is 0.556. The van der Waals surface area contributed by atoms with Crippen LogP contribution in [0.5, 0.6) is 5.75 Å². The number of anilines is 2. The number of ether oxygens (including phenoxy) is 1. The third-order valence-electron chi connectivity index (χ3n) is 2.13. The van der Waals surface area contributed by atoms with E-state index in [0.29, 0.717) is 13.2 Å². The Bertz CT molecular complexity index is 444. The number of hydrogen-bond donors (Lipinski definition) is 2. The average molecular weight is 230 g/mol. The van der Waals surface area contributed by atoms with E-state index in [0.717, 1.165) is 17.3 Å². The zero-order valence-electron chi connectivity index (χ0n) is 9.34. The number of nitrogens with one attached hydrogen (secondary N) is 1. The summed E-state index contributed by atoms with van der Waals surface area (Å²) in [6.45, 7) is 1.23. The quantitative estimate of drug-likeness (QED) is 0.602. The number of rotatable bonds is 5. The summed E-state index contributed by atoms with van der Waals surface area (Å²) in [5.41, 5.74) is 6.31. The molecule has 17 heavy (non-hydrogen) atoms. The first kappa shape index (κ1) is 11.2. The van der Waals surface area contributed by atoms with Gasteiger partial charge in [0.2, 0.25) is 0 Å². The largest absolute Gasteiger partial charge is 0.492 e. The molecule has 0 unspecified atom stereocenters. The van der Waals surface area contributed by atoms with Gasteiger partial charge >= 0.3 is 0 Å². The normalized spacial score (nSPS) is 9.88. The molecular formula is C12H14N4O. The second-order valence-electron chi connectivity index (χ2n) is 3.45. The molecule has 88 valence electrons. The Morgan fingerprint density at radius 1 is 1.18 bits per heavy atom. The molecule has 0 atom stereocenters. The van der Waals surface area contributed by atoms with E-state index in [1.165, 1.54) is 0 Å². The molecule has 0 saturated carbocycles. The second-order valence-corrected chi connectivity index (χ2v) is 3.45. The molecular weight excluding hydrogens is 216 g/mol. The maximum atomic E-state index is 5.57. The van der Waals surface area contributed by atoms with Gasteiger partial charge in [0.1, 0.15) is 18.2 Å². The fourth-order valence-corrected chi connectivity index (χ4v) is 1.31. The fraction of sp³-hybridized carbons (Fsp3) is 0.167. The van der Waals surface area contributed by atoms with Gasteiger partial charge in [-0.05, 0) is 36.4 Å². The van der Waals surface area contributed by atoms with E-state index in [2.05, 4.69) is 15.5 Å². The van der Waals surface area contributed by atoms with Crippen molar-refractivity contribution in [1.29, 1.82) is 0 Å². The van der Waals surface area contributed by atoms with Gasteiger partial charge in [-0.3, -0.25) is 0 Å². The summed E-state index contributed by atoms with van der Waals surface area (Å²) in [4.78, 5) is 0. The summed E-state index contributed by atoms with van der Waals surface area (Å²) < 4.78 is 5.52. The van der Waals surface area contributed by atoms with Crippen LogP contribution in [0.3, 0.4) is 0 Å². The molecule has 0 aliphatic heterocycles. The predicted molar refractivity (Wildman–Crippen MR) is 66.9 cm³/mol. The highest BCUT2D eigenvalue weighted by molar-refractivity contribution is 5.41. The molecule has 0 aliphatic rings. The molecule has 2 rings (SSSR count). The average Bonchev–Trinajstić information content (AvgIpc) is 2.38. The van der Waals surface area contributed by atoms with E-state index in [4.69, 9.17) is 10.5 Å². The topological polar surface area (TPSA) is 73.1 Å². The van der Waals surface area contributed by atoms with Crippen molar-refractivity contribution in [2.45, 2.75) is 0 Å². The van der Waals surface area contributed by atoms with Gasteiger partial charge in [-0.1, -0.05) is 0 Å². The molecule has 5 heteroatoms. The summed E-state index contributed by atoms with van der Waals surface area (Å²) in [5.74, 6) is 1.55. The Balaban J connectivity index is 1.71. The van der Waals surface area contributed by atoms with Crippen molar-refractivity contribution < 1.29 is 4.74 Å². The minimum atomic E-state index is 0.556. The molecule has 3 N–H and O–H groups in total. The van der Waals surface area contributed by atoms with Crippen LogP contribution in [0.15, 0.2) is 42.6 Å². The summed E-state index contributed by atoms with van der Waals surface area (Å²) >= 11 is 0. The van der Waals surface area contributed by atoms with Crippen molar-refractivity contribution in [3.05, 3.63) is 42.6 Å². The lowest BCUT2D eigenvalue weighted by atomic mass is 10.3. The van der Waals surface area contributed by atoms with Crippen molar-refractivity contribution in [2.24, 2.45) is 0 Å². The van der Waals surface area contributed by atoms with Crippen molar-refractivity contribution in [3.63, 3.8) is 0 Å². The SMILES string of the molecule is Nc1ccc(OCCNc2cccnn2)cc1. The molecule has 1 aromatic carbocycles. The summed E-state index contributed by atoms with van der Waals surface area (Å²) in [6, 6.07) is 11.0. The van der Waals surface area contributed by atoms with Gasteiger partial charge < -0.3 is 15.8 Å². The zero-order valence-corrected chi connectivity index (χ0v) is 9.34. The second kappa shape index (κ2) is 5.69. The number of nitrogen functional groups attached to an aromatic ring is 1. The number of aromatic nitrogens is 2. The highest BCUT2D eigenvalue weighted by Gasteiger charge is 1.94. The van der Waals surface area contributed by atoms with Gasteiger partial charge in [0.15, 0.2) is 0 Å². The van der Waals surface area contributed by atoms with Crippen LogP contribution < -0.4 is 15.8 Å². The van der Waals surface area contributed by atoms with Crippen LogP contribution in [0, 0.1) is 0 Å². The lowest BCUT2D eigenvalue weighted by Gasteiger charge is -2.07. The first-order valence-corrected chi connectivity index (χ1v) is 5.34. The number of benzene rings is 1. The summed E-state index contributed by atoms with van der Waals surface area (Å²) in [7, 11) is 0. The van der Waals surface area contributed by atoms with Crippen LogP contribution >= 0.6 is 0 Å². The van der Waals surface area contributed by atoms with Crippen LogP contribution in [0.4, 0.5) is 11.5 Å². The van der Waals surface area contributed by atoms with Gasteiger partial charge in [-0.15, -0.1) is 5.10 Å². The molecule has 0 aliphatic carbocycles. The van der Waals surface area contributed by atoms with E-state index in [1.807, 2.05) is 36.4 Å². The van der Waals surface area contributed by atoms with E-state index >= 15 is 0 Å². The molecule has 5 nitrogen and oxygen atoms in total. The van der Waals surface area contributed by atoms with Crippen molar-refractivity contribution in [1.82, 2.24) is 10.2 Å². The lowest BCUT2D eigenvalue weighted by Crippen LogP contribution is -2.12. The van der Waals surface area contributed by atoms with E-state index in [-0.39, 0.29) is 0 Å². The standard InChI is InChI=1S/C12H14N4O/c13-10-3-5-11(6-4-10)17-9-8-14-12-2-1-7-15-16-12/h1-7H,8-9,13H2,(H,14,16).